The van der Waals surface area contributed by atoms with E-state index in [1.165, 1.54) is 167 Å². The van der Waals surface area contributed by atoms with Crippen LogP contribution in [0.1, 0.15) is 226 Å². The fourth-order valence-electron chi connectivity index (χ4n) is 6.61. The lowest BCUT2D eigenvalue weighted by Gasteiger charge is -2.20. The highest BCUT2D eigenvalue weighted by molar-refractivity contribution is 7.47. The first kappa shape index (κ1) is 53.0. The van der Waals surface area contributed by atoms with Crippen LogP contribution in [0, 0.1) is 0 Å². The van der Waals surface area contributed by atoms with Gasteiger partial charge in [0.1, 0.15) is 12.1 Å². The monoisotopic (exact) mass is 792 g/mol. The van der Waals surface area contributed by atoms with E-state index in [1.807, 2.05) is 0 Å². The number of rotatable bonds is 44. The van der Waals surface area contributed by atoms with Gasteiger partial charge in [0.2, 0.25) is 0 Å². The molecule has 322 valence electrons. The van der Waals surface area contributed by atoms with Gasteiger partial charge in [-0.05, 0) is 12.8 Å². The van der Waals surface area contributed by atoms with Crippen molar-refractivity contribution in [1.29, 1.82) is 0 Å². The Morgan fingerprint density at radius 2 is 0.852 bits per heavy atom. The Bertz CT molecular complexity index is 878. The van der Waals surface area contributed by atoms with Crippen molar-refractivity contribution in [2.45, 2.75) is 238 Å². The van der Waals surface area contributed by atoms with E-state index in [-0.39, 0.29) is 13.0 Å². The number of aliphatic carboxylic acids is 1. The Balaban J connectivity index is 4.11. The largest absolute Gasteiger partial charge is 0.480 e. The molecular formula is C43H86NO9P. The van der Waals surface area contributed by atoms with E-state index >= 15 is 0 Å². The molecule has 0 rings (SSSR count). The molecule has 0 bridgehead atoms. The number of nitrogens with two attached hydrogens (primary N) is 1. The highest BCUT2D eigenvalue weighted by Crippen LogP contribution is 2.43. The molecule has 0 heterocycles. The van der Waals surface area contributed by atoms with Crippen molar-refractivity contribution < 1.29 is 42.7 Å². The number of hydrogen-bond donors (Lipinski definition) is 3. The number of unbranched alkanes of at least 4 members (excludes halogenated alkanes) is 30. The average molecular weight is 792 g/mol. The van der Waals surface area contributed by atoms with Gasteiger partial charge in [0, 0.05) is 13.0 Å². The molecule has 54 heavy (non-hydrogen) atoms. The van der Waals surface area contributed by atoms with E-state index in [9.17, 15) is 19.0 Å². The van der Waals surface area contributed by atoms with Crippen LogP contribution in [0.25, 0.3) is 0 Å². The van der Waals surface area contributed by atoms with Gasteiger partial charge in [-0.2, -0.15) is 0 Å². The van der Waals surface area contributed by atoms with Gasteiger partial charge in [0.25, 0.3) is 0 Å². The predicted molar refractivity (Wildman–Crippen MR) is 222 cm³/mol. The molecule has 0 aromatic rings. The number of carboxylic acid groups (broad SMARTS) is 1. The summed E-state index contributed by atoms with van der Waals surface area (Å²) in [5.74, 6) is -1.77. The molecule has 0 aliphatic heterocycles. The summed E-state index contributed by atoms with van der Waals surface area (Å²) < 4.78 is 33.4. The minimum Gasteiger partial charge on any atom is -0.480 e. The van der Waals surface area contributed by atoms with Gasteiger partial charge in [-0.25, -0.2) is 4.57 Å². The summed E-state index contributed by atoms with van der Waals surface area (Å²) in [6.07, 6.45) is 40.1. The topological polar surface area (TPSA) is 155 Å². The maximum Gasteiger partial charge on any atom is 0.472 e. The smallest absolute Gasteiger partial charge is 0.472 e. The van der Waals surface area contributed by atoms with Crippen molar-refractivity contribution >= 4 is 19.8 Å². The molecule has 0 aliphatic rings. The van der Waals surface area contributed by atoms with E-state index < -0.39 is 45.1 Å². The number of carbonyl (C=O) groups is 2. The highest BCUT2D eigenvalue weighted by Gasteiger charge is 2.27. The third-order valence-corrected chi connectivity index (χ3v) is 11.1. The molecule has 0 aromatic carbocycles. The average Bonchev–Trinajstić information content (AvgIpc) is 3.15. The van der Waals surface area contributed by atoms with Crippen LogP contribution < -0.4 is 5.73 Å². The van der Waals surface area contributed by atoms with Crippen LogP contribution in [-0.4, -0.2) is 60.5 Å². The Morgan fingerprint density at radius 3 is 1.22 bits per heavy atom. The molecule has 3 unspecified atom stereocenters. The van der Waals surface area contributed by atoms with Crippen molar-refractivity contribution in [3.8, 4) is 0 Å². The van der Waals surface area contributed by atoms with Gasteiger partial charge in [0.15, 0.2) is 0 Å². The zero-order valence-electron chi connectivity index (χ0n) is 35.1. The third kappa shape index (κ3) is 39.2. The zero-order chi connectivity index (χ0) is 39.8. The van der Waals surface area contributed by atoms with Gasteiger partial charge in [-0.15, -0.1) is 0 Å². The number of esters is 1. The SMILES string of the molecule is CCCCCCCCCCCCCCCCCCCCCCOCC(COP(=O)(O)OCC(N)C(=O)O)OC(=O)CCCCCCCCCCCCCC. The number of hydrogen-bond acceptors (Lipinski definition) is 8. The maximum absolute atomic E-state index is 12.6. The number of phosphoric acid groups is 1. The normalized spacial score (nSPS) is 13.9. The van der Waals surface area contributed by atoms with Crippen LogP contribution in [0.5, 0.6) is 0 Å². The molecule has 3 atom stereocenters. The summed E-state index contributed by atoms with van der Waals surface area (Å²) in [4.78, 5) is 33.5. The Hall–Kier alpha value is -1.03. The molecule has 0 spiro atoms. The molecule has 0 saturated carbocycles. The number of carboxylic acids is 1. The molecule has 0 aromatic heterocycles. The Kier molecular flexibility index (Phi) is 39.4. The Morgan fingerprint density at radius 1 is 0.519 bits per heavy atom. The van der Waals surface area contributed by atoms with Gasteiger partial charge in [-0.3, -0.25) is 18.6 Å². The van der Waals surface area contributed by atoms with Gasteiger partial charge in [-0.1, -0.05) is 206 Å². The van der Waals surface area contributed by atoms with Crippen molar-refractivity contribution in [3.05, 3.63) is 0 Å². The molecule has 0 radical (unpaired) electrons. The highest BCUT2D eigenvalue weighted by atomic mass is 31.2. The third-order valence-electron chi connectivity index (χ3n) is 10.1. The predicted octanol–water partition coefficient (Wildman–Crippen LogP) is 12.4. The molecule has 10 nitrogen and oxygen atoms in total. The summed E-state index contributed by atoms with van der Waals surface area (Å²) in [6.45, 7) is 3.92. The zero-order valence-corrected chi connectivity index (χ0v) is 36.0. The summed E-state index contributed by atoms with van der Waals surface area (Å²) in [5, 5.41) is 8.89. The van der Waals surface area contributed by atoms with Crippen LogP contribution in [0.15, 0.2) is 0 Å². The molecule has 4 N–H and O–H groups in total. The van der Waals surface area contributed by atoms with E-state index in [1.54, 1.807) is 0 Å². The fourth-order valence-corrected chi connectivity index (χ4v) is 7.38. The summed E-state index contributed by atoms with van der Waals surface area (Å²) >= 11 is 0. The first-order valence-electron chi connectivity index (χ1n) is 22.6. The summed E-state index contributed by atoms with van der Waals surface area (Å²) in [5.41, 5.74) is 5.35. The second-order valence-electron chi connectivity index (χ2n) is 15.5. The molecule has 0 saturated heterocycles. The minimum absolute atomic E-state index is 0.0257. The van der Waals surface area contributed by atoms with Crippen molar-refractivity contribution in [2.24, 2.45) is 5.73 Å². The second-order valence-corrected chi connectivity index (χ2v) is 17.0. The lowest BCUT2D eigenvalue weighted by atomic mass is 10.0. The van der Waals surface area contributed by atoms with Gasteiger partial charge in [0.05, 0.1) is 19.8 Å². The molecule has 11 heteroatoms. The molecule has 0 aliphatic carbocycles. The first-order valence-corrected chi connectivity index (χ1v) is 24.1. The molecule has 0 amide bonds. The van der Waals surface area contributed by atoms with E-state index in [4.69, 9.17) is 29.4 Å². The van der Waals surface area contributed by atoms with Crippen molar-refractivity contribution in [1.82, 2.24) is 0 Å². The maximum atomic E-state index is 12.6. The van der Waals surface area contributed by atoms with Crippen LogP contribution in [0.2, 0.25) is 0 Å². The standard InChI is InChI=1S/C43H86NO9P/c1-3-5-7-9-11-13-15-17-18-19-20-21-22-23-24-26-28-30-32-34-36-50-37-40(38-51-54(48,49)52-39-41(44)43(46)47)53-42(45)35-33-31-29-27-25-16-14-12-10-8-6-4-2/h40-41H,3-39,44H2,1-2H3,(H,46,47)(H,48,49). The second kappa shape index (κ2) is 40.2. The quantitative estimate of drug-likeness (QED) is 0.0308. The van der Waals surface area contributed by atoms with E-state index in [0.29, 0.717) is 6.61 Å². The van der Waals surface area contributed by atoms with Crippen molar-refractivity contribution in [2.75, 3.05) is 26.4 Å². The van der Waals surface area contributed by atoms with E-state index in [2.05, 4.69) is 13.8 Å². The summed E-state index contributed by atoms with van der Waals surface area (Å²) in [6, 6.07) is -1.47. The minimum atomic E-state index is -4.61. The first-order chi connectivity index (χ1) is 26.2. The fraction of sp³-hybridized carbons (Fsp3) is 0.953. The number of phosphoric ester groups is 1. The lowest BCUT2D eigenvalue weighted by Crippen LogP contribution is -2.34. The van der Waals surface area contributed by atoms with Crippen LogP contribution in [-0.2, 0) is 32.7 Å². The lowest BCUT2D eigenvalue weighted by molar-refractivity contribution is -0.154. The molecular weight excluding hydrogens is 705 g/mol. The van der Waals surface area contributed by atoms with E-state index in [0.717, 1.165) is 38.5 Å². The summed E-state index contributed by atoms with van der Waals surface area (Å²) in [7, 11) is -4.61. The number of ether oxygens (including phenoxy) is 2. The number of carbonyl (C=O) groups excluding carboxylic acids is 1. The van der Waals surface area contributed by atoms with Gasteiger partial charge < -0.3 is 25.2 Å². The van der Waals surface area contributed by atoms with Crippen LogP contribution in [0.3, 0.4) is 0 Å². The molecule has 0 fully saturated rings. The van der Waals surface area contributed by atoms with Crippen LogP contribution in [0.4, 0.5) is 0 Å². The Labute approximate surface area is 331 Å². The van der Waals surface area contributed by atoms with Crippen LogP contribution >= 0.6 is 7.82 Å². The van der Waals surface area contributed by atoms with Crippen molar-refractivity contribution in [3.63, 3.8) is 0 Å². The van der Waals surface area contributed by atoms with Gasteiger partial charge >= 0.3 is 19.8 Å².